The number of rotatable bonds is 12. The quantitative estimate of drug-likeness (QED) is 0.198. The maximum absolute atomic E-state index is 9.81. The molecule has 5 aliphatic rings. The zero-order valence-electron chi connectivity index (χ0n) is 29.2. The molecule has 47 heavy (non-hydrogen) atoms. The van der Waals surface area contributed by atoms with Crippen LogP contribution in [-0.2, 0) is 11.0 Å². The predicted molar refractivity (Wildman–Crippen MR) is 190 cm³/mol. The van der Waals surface area contributed by atoms with E-state index in [0.29, 0.717) is 35.5 Å². The molecule has 1 heterocycles. The van der Waals surface area contributed by atoms with Crippen LogP contribution in [-0.4, -0.2) is 44.0 Å². The van der Waals surface area contributed by atoms with Crippen LogP contribution in [0.4, 0.5) is 11.8 Å². The molecule has 5 atom stereocenters. The van der Waals surface area contributed by atoms with Crippen LogP contribution >= 0.6 is 0 Å². The van der Waals surface area contributed by atoms with Crippen LogP contribution < -0.4 is 16.0 Å². The third kappa shape index (κ3) is 7.69. The normalized spacial score (nSPS) is 30.0. The van der Waals surface area contributed by atoms with Crippen molar-refractivity contribution in [3.8, 4) is 12.1 Å². The number of anilines is 2. The lowest BCUT2D eigenvalue weighted by molar-refractivity contribution is -0.0703. The SMILES string of the molecule is CC(C)(C)[Si](C)(C)OCC1CCC(CNC2[C@@H]3CC4C[C@H]2CC(CNc2nc(NCc5ccccc5C#N)ncc2C#N)(C4)C3)CC1. The van der Waals surface area contributed by atoms with E-state index in [-0.39, 0.29) is 10.5 Å². The Hall–Kier alpha value is -2.98. The smallest absolute Gasteiger partial charge is 0.224 e. The van der Waals surface area contributed by atoms with E-state index in [1.807, 2.05) is 24.3 Å². The van der Waals surface area contributed by atoms with Crippen molar-refractivity contribution < 1.29 is 4.43 Å². The minimum absolute atomic E-state index is 0.272. The molecule has 8 nitrogen and oxygen atoms in total. The predicted octanol–water partition coefficient (Wildman–Crippen LogP) is 7.86. The standard InChI is InChI=1S/C38H55N7OSi/c1-37(2,3)47(4,5)46-24-27-12-10-26(11-13-27)21-41-34-31-14-28-15-32(34)18-38(16-28,17-31)25-44-35-33(20-40)23-43-36(45-35)42-22-30-9-7-6-8-29(30)19-39/h6-9,23,26-28,31-32,34,41H,10-18,21-22,24-25H2,1-5H3,(H2,42,43,44,45)/t26?,27?,28?,31-,32+,34?,38?. The second-order valence-corrected chi connectivity index (χ2v) is 21.7. The monoisotopic (exact) mass is 653 g/mol. The molecule has 4 bridgehead atoms. The molecular weight excluding hydrogens is 599 g/mol. The Morgan fingerprint density at radius 2 is 1.62 bits per heavy atom. The van der Waals surface area contributed by atoms with Gasteiger partial charge in [-0.3, -0.25) is 0 Å². The molecule has 5 fully saturated rings. The van der Waals surface area contributed by atoms with Gasteiger partial charge < -0.3 is 20.4 Å². The molecule has 0 aliphatic heterocycles. The van der Waals surface area contributed by atoms with Gasteiger partial charge >= 0.3 is 0 Å². The van der Waals surface area contributed by atoms with Gasteiger partial charge in [-0.05, 0) is 129 Å². The fraction of sp³-hybridized carbons (Fsp3) is 0.684. The summed E-state index contributed by atoms with van der Waals surface area (Å²) in [5.41, 5.74) is 2.28. The van der Waals surface area contributed by atoms with E-state index < -0.39 is 8.32 Å². The molecule has 0 saturated heterocycles. The number of hydrogen-bond donors (Lipinski definition) is 3. The van der Waals surface area contributed by atoms with Gasteiger partial charge in [0.2, 0.25) is 5.95 Å². The van der Waals surface area contributed by atoms with Crippen molar-refractivity contribution in [1.82, 2.24) is 15.3 Å². The summed E-state index contributed by atoms with van der Waals surface area (Å²) in [5, 5.41) is 30.5. The Morgan fingerprint density at radius 3 is 2.30 bits per heavy atom. The van der Waals surface area contributed by atoms with Crippen LogP contribution in [0.3, 0.4) is 0 Å². The minimum atomic E-state index is -1.67. The van der Waals surface area contributed by atoms with E-state index in [0.717, 1.165) is 48.3 Å². The summed E-state index contributed by atoms with van der Waals surface area (Å²) in [7, 11) is -1.67. The Balaban J connectivity index is 0.997. The Morgan fingerprint density at radius 1 is 0.936 bits per heavy atom. The van der Waals surface area contributed by atoms with Crippen molar-refractivity contribution in [2.24, 2.45) is 35.0 Å². The first kappa shape index (κ1) is 33.9. The molecule has 252 valence electrons. The van der Waals surface area contributed by atoms with Crippen LogP contribution in [0.5, 0.6) is 0 Å². The fourth-order valence-electron chi connectivity index (χ4n) is 9.10. The maximum atomic E-state index is 9.81. The number of benzene rings is 1. The summed E-state index contributed by atoms with van der Waals surface area (Å²) in [6.45, 7) is 15.2. The highest BCUT2D eigenvalue weighted by atomic mass is 28.4. The second-order valence-electron chi connectivity index (χ2n) is 16.9. The number of aromatic nitrogens is 2. The van der Waals surface area contributed by atoms with Crippen molar-refractivity contribution in [3.63, 3.8) is 0 Å². The third-order valence-electron chi connectivity index (χ3n) is 12.6. The van der Waals surface area contributed by atoms with Gasteiger partial charge in [0.05, 0.1) is 17.8 Å². The lowest BCUT2D eigenvalue weighted by atomic mass is 9.48. The average molecular weight is 654 g/mol. The van der Waals surface area contributed by atoms with Gasteiger partial charge in [-0.1, -0.05) is 39.0 Å². The Bertz CT molecular complexity index is 1470. The van der Waals surface area contributed by atoms with E-state index in [1.165, 1.54) is 64.3 Å². The zero-order chi connectivity index (χ0) is 33.2. The van der Waals surface area contributed by atoms with Crippen molar-refractivity contribution in [2.45, 2.75) is 109 Å². The first-order valence-electron chi connectivity index (χ1n) is 18.1. The number of nitrogens with one attached hydrogen (secondary N) is 3. The van der Waals surface area contributed by atoms with Crippen molar-refractivity contribution in [3.05, 3.63) is 47.2 Å². The molecule has 0 spiro atoms. The summed E-state index contributed by atoms with van der Waals surface area (Å²) >= 11 is 0. The molecule has 1 aromatic carbocycles. The van der Waals surface area contributed by atoms with Crippen LogP contribution in [0.25, 0.3) is 0 Å². The molecule has 1 aromatic heterocycles. The summed E-state index contributed by atoms with van der Waals surface area (Å²) < 4.78 is 6.58. The topological polar surface area (TPSA) is 119 Å². The highest BCUT2D eigenvalue weighted by molar-refractivity contribution is 6.74. The van der Waals surface area contributed by atoms with Crippen molar-refractivity contribution in [2.75, 3.05) is 30.3 Å². The van der Waals surface area contributed by atoms with Crippen molar-refractivity contribution in [1.29, 1.82) is 10.5 Å². The Kier molecular flexibility index (Phi) is 10.00. The van der Waals surface area contributed by atoms with E-state index in [9.17, 15) is 10.5 Å². The van der Waals surface area contributed by atoms with Gasteiger partial charge in [0.25, 0.3) is 0 Å². The van der Waals surface area contributed by atoms with Gasteiger partial charge in [-0.25, -0.2) is 4.98 Å². The molecule has 2 aromatic rings. The fourth-order valence-corrected chi connectivity index (χ4v) is 10.2. The van der Waals surface area contributed by atoms with Crippen molar-refractivity contribution >= 4 is 20.1 Å². The van der Waals surface area contributed by atoms with Gasteiger partial charge in [0.1, 0.15) is 17.5 Å². The van der Waals surface area contributed by atoms with E-state index in [1.54, 1.807) is 6.20 Å². The molecule has 5 aliphatic carbocycles. The number of hydrogen-bond acceptors (Lipinski definition) is 8. The first-order chi connectivity index (χ1) is 22.5. The highest BCUT2D eigenvalue weighted by Crippen LogP contribution is 2.60. The van der Waals surface area contributed by atoms with Gasteiger partial charge in [-0.2, -0.15) is 15.5 Å². The van der Waals surface area contributed by atoms with Crippen LogP contribution in [0.15, 0.2) is 30.5 Å². The lowest BCUT2D eigenvalue weighted by Crippen LogP contribution is -2.60. The molecule has 7 rings (SSSR count). The number of nitriles is 2. The van der Waals surface area contributed by atoms with Gasteiger partial charge in [-0.15, -0.1) is 0 Å². The number of nitrogens with zero attached hydrogens (tertiary/aromatic N) is 4. The zero-order valence-corrected chi connectivity index (χ0v) is 30.2. The maximum Gasteiger partial charge on any atom is 0.224 e. The molecule has 5 saturated carbocycles. The molecule has 0 radical (unpaired) electrons. The molecule has 3 unspecified atom stereocenters. The first-order valence-corrected chi connectivity index (χ1v) is 21.0. The van der Waals surface area contributed by atoms with Crippen LogP contribution in [0.1, 0.15) is 95.2 Å². The van der Waals surface area contributed by atoms with Crippen LogP contribution in [0, 0.1) is 57.7 Å². The molecular formula is C38H55N7OSi. The van der Waals surface area contributed by atoms with E-state index in [2.05, 4.69) is 66.9 Å². The summed E-state index contributed by atoms with van der Waals surface area (Å²) in [4.78, 5) is 9.08. The minimum Gasteiger partial charge on any atom is -0.417 e. The molecule has 0 amide bonds. The summed E-state index contributed by atoms with van der Waals surface area (Å²) in [6, 6.07) is 12.7. The van der Waals surface area contributed by atoms with E-state index in [4.69, 9.17) is 9.41 Å². The molecule has 3 N–H and O–H groups in total. The van der Waals surface area contributed by atoms with Gasteiger partial charge in [0, 0.05) is 25.7 Å². The van der Waals surface area contributed by atoms with Crippen LogP contribution in [0.2, 0.25) is 18.1 Å². The lowest BCUT2D eigenvalue weighted by Gasteiger charge is -2.60. The van der Waals surface area contributed by atoms with Gasteiger partial charge in [0.15, 0.2) is 8.32 Å². The largest absolute Gasteiger partial charge is 0.417 e. The molecule has 9 heteroatoms. The second kappa shape index (κ2) is 13.9. The summed E-state index contributed by atoms with van der Waals surface area (Å²) in [5.74, 6) is 4.91. The highest BCUT2D eigenvalue weighted by Gasteiger charge is 2.55. The van der Waals surface area contributed by atoms with E-state index >= 15 is 0 Å². The average Bonchev–Trinajstić information content (AvgIpc) is 3.05. The Labute approximate surface area is 283 Å². The summed E-state index contributed by atoms with van der Waals surface area (Å²) in [6.07, 6.45) is 13.4. The third-order valence-corrected chi connectivity index (χ3v) is 17.1.